The monoisotopic (exact) mass is 426 g/mol. The highest BCUT2D eigenvalue weighted by atomic mass is 16.3. The Morgan fingerprint density at radius 1 is 0.742 bits per heavy atom. The van der Waals surface area contributed by atoms with Crippen molar-refractivity contribution in [1.29, 1.82) is 0 Å². The molecule has 0 spiro atoms. The standard InChI is InChI=1S/C30H50O/c1-19(2)20-11-14-27(5)17-18-29(7)21(25(20)27)9-10-23-28(6)15-13-24(31)26(3,4)22(28)12-16-30(23,29)8/h20-25,31H,1,9-18H2,2-8H3/t20-,21?,22?,23+,24-,25+,27+,28-,29+,30+/m0/s1. The molecule has 0 radical (unpaired) electrons. The normalized spacial score (nSPS) is 57.9. The predicted octanol–water partition coefficient (Wildman–Crippen LogP) is 8.02. The SMILES string of the molecule is C=C(C)[C@@H]1CC[C@]2(C)CC[C@]3(C)C(CC[C@@H]4[C@@]5(C)CC[C@H](O)C(C)(C)C5CC[C@]43C)[C@@H]12. The van der Waals surface area contributed by atoms with Crippen LogP contribution in [0, 0.1) is 56.7 Å². The average molecular weight is 427 g/mol. The third kappa shape index (κ3) is 2.65. The van der Waals surface area contributed by atoms with E-state index in [2.05, 4.69) is 55.0 Å². The van der Waals surface area contributed by atoms with Gasteiger partial charge in [0.15, 0.2) is 0 Å². The highest BCUT2D eigenvalue weighted by Crippen LogP contribution is 2.77. The zero-order chi connectivity index (χ0) is 22.6. The summed E-state index contributed by atoms with van der Waals surface area (Å²) in [5, 5.41) is 10.9. The highest BCUT2D eigenvalue weighted by molar-refractivity contribution is 5.21. The maximum Gasteiger partial charge on any atom is 0.0594 e. The van der Waals surface area contributed by atoms with Crippen LogP contribution in [0.1, 0.15) is 113 Å². The van der Waals surface area contributed by atoms with Crippen molar-refractivity contribution >= 4 is 0 Å². The van der Waals surface area contributed by atoms with E-state index in [9.17, 15) is 5.11 Å². The van der Waals surface area contributed by atoms with Gasteiger partial charge in [-0.15, -0.1) is 0 Å². The molecule has 5 fully saturated rings. The molecule has 1 N–H and O–H groups in total. The topological polar surface area (TPSA) is 20.2 Å². The van der Waals surface area contributed by atoms with Crippen LogP contribution in [-0.4, -0.2) is 11.2 Å². The molecule has 10 atom stereocenters. The third-order valence-corrected chi connectivity index (χ3v) is 13.5. The van der Waals surface area contributed by atoms with Gasteiger partial charge in [-0.2, -0.15) is 0 Å². The van der Waals surface area contributed by atoms with Gasteiger partial charge >= 0.3 is 0 Å². The summed E-state index contributed by atoms with van der Waals surface area (Å²) in [6.45, 7) is 22.3. The minimum Gasteiger partial charge on any atom is -0.393 e. The first-order chi connectivity index (χ1) is 14.3. The molecule has 0 bridgehead atoms. The van der Waals surface area contributed by atoms with Gasteiger partial charge in [0.1, 0.15) is 0 Å². The molecule has 0 heterocycles. The third-order valence-electron chi connectivity index (χ3n) is 13.5. The second-order valence-electron chi connectivity index (χ2n) is 14.7. The van der Waals surface area contributed by atoms with Gasteiger partial charge in [-0.05, 0) is 128 Å². The summed E-state index contributed by atoms with van der Waals surface area (Å²) in [7, 11) is 0. The molecular formula is C30H50O. The molecule has 5 aliphatic carbocycles. The van der Waals surface area contributed by atoms with Crippen molar-refractivity contribution in [2.24, 2.45) is 56.7 Å². The Balaban J connectivity index is 1.54. The van der Waals surface area contributed by atoms with Crippen molar-refractivity contribution in [1.82, 2.24) is 0 Å². The van der Waals surface area contributed by atoms with Gasteiger partial charge < -0.3 is 5.11 Å². The van der Waals surface area contributed by atoms with Crippen molar-refractivity contribution in [3.05, 3.63) is 12.2 Å². The Bertz CT molecular complexity index is 766. The summed E-state index contributed by atoms with van der Waals surface area (Å²) in [6, 6.07) is 0. The van der Waals surface area contributed by atoms with Crippen LogP contribution < -0.4 is 0 Å². The van der Waals surface area contributed by atoms with Crippen LogP contribution in [-0.2, 0) is 0 Å². The summed E-state index contributed by atoms with van der Waals surface area (Å²) in [6.07, 6.45) is 13.4. The van der Waals surface area contributed by atoms with Crippen molar-refractivity contribution < 1.29 is 5.11 Å². The van der Waals surface area contributed by atoms with Gasteiger partial charge in [-0.3, -0.25) is 0 Å². The molecule has 0 aromatic heterocycles. The summed E-state index contributed by atoms with van der Waals surface area (Å²) in [5.41, 5.74) is 3.38. The molecule has 31 heavy (non-hydrogen) atoms. The lowest BCUT2D eigenvalue weighted by atomic mass is 9.32. The van der Waals surface area contributed by atoms with Crippen LogP contribution in [0.2, 0.25) is 0 Å². The van der Waals surface area contributed by atoms with E-state index in [0.29, 0.717) is 27.6 Å². The minimum atomic E-state index is -0.118. The van der Waals surface area contributed by atoms with Crippen molar-refractivity contribution in [2.75, 3.05) is 0 Å². The van der Waals surface area contributed by atoms with Crippen molar-refractivity contribution in [3.8, 4) is 0 Å². The Hall–Kier alpha value is -0.300. The molecule has 0 aromatic carbocycles. The van der Waals surface area contributed by atoms with Crippen LogP contribution in [0.4, 0.5) is 0 Å². The molecule has 5 rings (SSSR count). The van der Waals surface area contributed by atoms with Crippen LogP contribution in [0.5, 0.6) is 0 Å². The zero-order valence-electron chi connectivity index (χ0n) is 21.7. The van der Waals surface area contributed by atoms with E-state index < -0.39 is 0 Å². The first-order valence-electron chi connectivity index (χ1n) is 13.6. The molecule has 0 amide bonds. The van der Waals surface area contributed by atoms with E-state index in [0.717, 1.165) is 30.1 Å². The zero-order valence-corrected chi connectivity index (χ0v) is 21.7. The lowest BCUT2D eigenvalue weighted by Crippen LogP contribution is -2.66. The van der Waals surface area contributed by atoms with E-state index in [1.807, 2.05) is 0 Å². The number of rotatable bonds is 1. The van der Waals surface area contributed by atoms with E-state index in [4.69, 9.17) is 0 Å². The maximum atomic E-state index is 10.9. The fraction of sp³-hybridized carbons (Fsp3) is 0.933. The van der Waals surface area contributed by atoms with Gasteiger partial charge in [0.05, 0.1) is 6.10 Å². The van der Waals surface area contributed by atoms with Crippen LogP contribution in [0.3, 0.4) is 0 Å². The van der Waals surface area contributed by atoms with Gasteiger partial charge in [0, 0.05) is 0 Å². The quantitative estimate of drug-likeness (QED) is 0.421. The number of allylic oxidation sites excluding steroid dienone is 1. The average Bonchev–Trinajstić information content (AvgIpc) is 3.04. The summed E-state index contributed by atoms with van der Waals surface area (Å²) in [4.78, 5) is 0. The molecule has 2 unspecified atom stereocenters. The van der Waals surface area contributed by atoms with E-state index in [-0.39, 0.29) is 11.5 Å². The van der Waals surface area contributed by atoms with Gasteiger partial charge in [0.25, 0.3) is 0 Å². The molecule has 1 heteroatoms. The molecule has 5 saturated carbocycles. The van der Waals surface area contributed by atoms with Gasteiger partial charge in [-0.25, -0.2) is 0 Å². The van der Waals surface area contributed by atoms with Crippen LogP contribution in [0.15, 0.2) is 12.2 Å². The first-order valence-corrected chi connectivity index (χ1v) is 13.6. The molecule has 0 aliphatic heterocycles. The Morgan fingerprint density at radius 2 is 1.45 bits per heavy atom. The summed E-state index contributed by atoms with van der Waals surface area (Å²) in [5.74, 6) is 3.98. The van der Waals surface area contributed by atoms with Crippen molar-refractivity contribution in [2.45, 2.75) is 119 Å². The van der Waals surface area contributed by atoms with Crippen molar-refractivity contribution in [3.63, 3.8) is 0 Å². The van der Waals surface area contributed by atoms with Crippen LogP contribution in [0.25, 0.3) is 0 Å². The second-order valence-corrected chi connectivity index (χ2v) is 14.7. The van der Waals surface area contributed by atoms with E-state index >= 15 is 0 Å². The second kappa shape index (κ2) is 6.64. The number of hydrogen-bond acceptors (Lipinski definition) is 1. The Kier molecular flexibility index (Phi) is 4.82. The molecular weight excluding hydrogens is 376 g/mol. The Morgan fingerprint density at radius 3 is 2.13 bits per heavy atom. The molecule has 1 nitrogen and oxygen atoms in total. The van der Waals surface area contributed by atoms with Crippen LogP contribution >= 0.6 is 0 Å². The number of fused-ring (bicyclic) bond motifs is 7. The summed E-state index contributed by atoms with van der Waals surface area (Å²) < 4.78 is 0. The van der Waals surface area contributed by atoms with Gasteiger partial charge in [0.2, 0.25) is 0 Å². The maximum absolute atomic E-state index is 10.9. The lowest BCUT2D eigenvalue weighted by molar-refractivity contribution is -0.246. The number of aliphatic hydroxyl groups is 1. The molecule has 0 saturated heterocycles. The largest absolute Gasteiger partial charge is 0.393 e. The molecule has 5 aliphatic rings. The predicted molar refractivity (Wildman–Crippen MR) is 131 cm³/mol. The fourth-order valence-corrected chi connectivity index (χ4v) is 11.5. The van der Waals surface area contributed by atoms with E-state index in [1.165, 1.54) is 63.4 Å². The highest BCUT2D eigenvalue weighted by Gasteiger charge is 2.70. The first kappa shape index (κ1) is 22.5. The molecule has 0 aromatic rings. The molecule has 176 valence electrons. The Labute approximate surface area is 192 Å². The number of aliphatic hydroxyl groups excluding tert-OH is 1. The van der Waals surface area contributed by atoms with E-state index in [1.54, 1.807) is 0 Å². The fourth-order valence-electron chi connectivity index (χ4n) is 11.5. The smallest absolute Gasteiger partial charge is 0.0594 e. The van der Waals surface area contributed by atoms with Gasteiger partial charge in [-0.1, -0.05) is 53.7 Å². The minimum absolute atomic E-state index is 0.0632. The summed E-state index contributed by atoms with van der Waals surface area (Å²) >= 11 is 0. The number of hydrogen-bond donors (Lipinski definition) is 1. The lowest BCUT2D eigenvalue weighted by Gasteiger charge is -2.73.